The van der Waals surface area contributed by atoms with Gasteiger partial charge in [0.2, 0.25) is 0 Å². The highest BCUT2D eigenvalue weighted by atomic mass is 19.1. The molecule has 1 aliphatic heterocycles. The molecule has 0 atom stereocenters. The summed E-state index contributed by atoms with van der Waals surface area (Å²) < 4.78 is 18.3. The number of rotatable bonds is 3. The van der Waals surface area contributed by atoms with E-state index in [-0.39, 0.29) is 22.8 Å². The van der Waals surface area contributed by atoms with E-state index in [2.05, 4.69) is 0 Å². The molecule has 0 radical (unpaired) electrons. The van der Waals surface area contributed by atoms with Crippen molar-refractivity contribution in [2.24, 2.45) is 0 Å². The number of methoxy groups -OCH3 is 1. The van der Waals surface area contributed by atoms with Crippen molar-refractivity contribution in [3.05, 3.63) is 59.4 Å². The Labute approximate surface area is 147 Å². The molecule has 1 heterocycles. The number of imide groups is 2. The lowest BCUT2D eigenvalue weighted by molar-refractivity contribution is -0.122. The average Bonchev–Trinajstić information content (AvgIpc) is 2.58. The summed E-state index contributed by atoms with van der Waals surface area (Å²) in [6, 6.07) is 8.19. The average molecular weight is 356 g/mol. The van der Waals surface area contributed by atoms with Crippen molar-refractivity contribution in [3.8, 4) is 11.5 Å². The summed E-state index contributed by atoms with van der Waals surface area (Å²) in [5.74, 6) is -2.38. The first-order chi connectivity index (χ1) is 12.4. The molecule has 132 valence electrons. The van der Waals surface area contributed by atoms with Crippen molar-refractivity contribution in [2.45, 2.75) is 0 Å². The molecule has 0 aromatic heterocycles. The van der Waals surface area contributed by atoms with Gasteiger partial charge >= 0.3 is 6.03 Å². The fraction of sp³-hybridized carbons (Fsp3) is 0.0556. The van der Waals surface area contributed by atoms with E-state index in [4.69, 9.17) is 4.74 Å². The lowest BCUT2D eigenvalue weighted by Gasteiger charge is -2.26. The molecule has 0 unspecified atom stereocenters. The summed E-state index contributed by atoms with van der Waals surface area (Å²) in [6.07, 6.45) is 1.22. The van der Waals surface area contributed by atoms with Crippen LogP contribution in [0.3, 0.4) is 0 Å². The molecule has 26 heavy (non-hydrogen) atoms. The maximum atomic E-state index is 13.4. The highest BCUT2D eigenvalue weighted by Crippen LogP contribution is 2.28. The first kappa shape index (κ1) is 17.2. The Morgan fingerprint density at radius 1 is 1.15 bits per heavy atom. The third kappa shape index (κ3) is 3.12. The molecular formula is C18H13FN2O5. The number of nitrogens with zero attached hydrogens (tertiary/aromatic N) is 1. The summed E-state index contributed by atoms with van der Waals surface area (Å²) in [7, 11) is 1.38. The number of halogens is 1. The van der Waals surface area contributed by atoms with Gasteiger partial charge in [0.15, 0.2) is 11.5 Å². The highest BCUT2D eigenvalue weighted by Gasteiger charge is 2.36. The molecule has 1 saturated heterocycles. The summed E-state index contributed by atoms with van der Waals surface area (Å²) in [6.45, 7) is 0. The third-order valence-corrected chi connectivity index (χ3v) is 3.68. The molecular weight excluding hydrogens is 343 g/mol. The van der Waals surface area contributed by atoms with Gasteiger partial charge in [0, 0.05) is 0 Å². The van der Waals surface area contributed by atoms with Crippen LogP contribution in [0, 0.1) is 5.82 Å². The number of hydrogen-bond donors (Lipinski definition) is 2. The number of aromatic hydroxyl groups is 1. The molecule has 8 heteroatoms. The highest BCUT2D eigenvalue weighted by molar-refractivity contribution is 6.39. The second kappa shape index (κ2) is 6.67. The van der Waals surface area contributed by atoms with Crippen LogP contribution >= 0.6 is 0 Å². The van der Waals surface area contributed by atoms with Gasteiger partial charge in [-0.1, -0.05) is 12.1 Å². The quantitative estimate of drug-likeness (QED) is 0.649. The van der Waals surface area contributed by atoms with Gasteiger partial charge in [0.25, 0.3) is 11.8 Å². The number of benzene rings is 2. The Hall–Kier alpha value is -3.68. The van der Waals surface area contributed by atoms with Crippen LogP contribution in [-0.2, 0) is 9.59 Å². The van der Waals surface area contributed by atoms with Gasteiger partial charge in [-0.2, -0.15) is 0 Å². The smallest absolute Gasteiger partial charge is 0.335 e. The van der Waals surface area contributed by atoms with E-state index in [0.29, 0.717) is 10.5 Å². The Morgan fingerprint density at radius 2 is 1.92 bits per heavy atom. The number of ether oxygens (including phenoxy) is 1. The van der Waals surface area contributed by atoms with Gasteiger partial charge in [-0.25, -0.2) is 14.1 Å². The Balaban J connectivity index is 2.01. The van der Waals surface area contributed by atoms with Gasteiger partial charge < -0.3 is 9.84 Å². The van der Waals surface area contributed by atoms with Crippen LogP contribution in [-0.4, -0.2) is 30.1 Å². The maximum Gasteiger partial charge on any atom is 0.335 e. The van der Waals surface area contributed by atoms with Crippen molar-refractivity contribution in [3.63, 3.8) is 0 Å². The minimum Gasteiger partial charge on any atom is -0.504 e. The SMILES string of the molecule is COc1ccc(/C=C2\C(=O)NC(=O)N(c3cccc(F)c3)C2=O)cc1O. The lowest BCUT2D eigenvalue weighted by Crippen LogP contribution is -2.54. The van der Waals surface area contributed by atoms with Crippen molar-refractivity contribution >= 4 is 29.6 Å². The van der Waals surface area contributed by atoms with Crippen molar-refractivity contribution in [2.75, 3.05) is 12.0 Å². The zero-order valence-corrected chi connectivity index (χ0v) is 13.5. The number of anilines is 1. The van der Waals surface area contributed by atoms with E-state index in [1.54, 1.807) is 0 Å². The summed E-state index contributed by atoms with van der Waals surface area (Å²) >= 11 is 0. The molecule has 4 amide bonds. The topological polar surface area (TPSA) is 95.9 Å². The van der Waals surface area contributed by atoms with E-state index < -0.39 is 23.7 Å². The largest absolute Gasteiger partial charge is 0.504 e. The predicted octanol–water partition coefficient (Wildman–Crippen LogP) is 2.21. The number of nitrogens with one attached hydrogen (secondary N) is 1. The first-order valence-electron chi connectivity index (χ1n) is 7.44. The standard InChI is InChI=1S/C18H13FN2O5/c1-26-15-6-5-10(8-14(15)22)7-13-16(23)20-18(25)21(17(13)24)12-4-2-3-11(19)9-12/h2-9,22H,1H3,(H,20,23,25)/b13-7+. The van der Waals surface area contributed by atoms with Gasteiger partial charge in [0.05, 0.1) is 12.8 Å². The molecule has 2 aromatic rings. The predicted molar refractivity (Wildman–Crippen MR) is 90.1 cm³/mol. The lowest BCUT2D eigenvalue weighted by atomic mass is 10.1. The Kier molecular flexibility index (Phi) is 4.40. The van der Waals surface area contributed by atoms with Gasteiger partial charge in [-0.3, -0.25) is 14.9 Å². The van der Waals surface area contributed by atoms with Crippen LogP contribution in [0.15, 0.2) is 48.0 Å². The number of carbonyl (C=O) groups excluding carboxylic acids is 3. The number of barbiturate groups is 1. The van der Waals surface area contributed by atoms with Gasteiger partial charge in [-0.05, 0) is 42.0 Å². The van der Waals surface area contributed by atoms with Crippen LogP contribution in [0.2, 0.25) is 0 Å². The molecule has 0 saturated carbocycles. The third-order valence-electron chi connectivity index (χ3n) is 3.68. The zero-order valence-electron chi connectivity index (χ0n) is 13.5. The number of phenols is 1. The minimum atomic E-state index is -0.972. The molecule has 0 aliphatic carbocycles. The van der Waals surface area contributed by atoms with Crippen LogP contribution in [0.5, 0.6) is 11.5 Å². The van der Waals surface area contributed by atoms with Crippen LogP contribution < -0.4 is 15.0 Å². The first-order valence-corrected chi connectivity index (χ1v) is 7.44. The molecule has 1 fully saturated rings. The Bertz CT molecular complexity index is 954. The normalized spacial score (nSPS) is 16.0. The van der Waals surface area contributed by atoms with Crippen molar-refractivity contribution < 1.29 is 28.6 Å². The molecule has 0 spiro atoms. The molecule has 0 bridgehead atoms. The van der Waals surface area contributed by atoms with Crippen molar-refractivity contribution in [1.82, 2.24) is 5.32 Å². The molecule has 1 aliphatic rings. The van der Waals surface area contributed by atoms with Crippen LogP contribution in [0.1, 0.15) is 5.56 Å². The number of amides is 4. The molecule has 3 rings (SSSR count). The fourth-order valence-corrected chi connectivity index (χ4v) is 2.47. The summed E-state index contributed by atoms with van der Waals surface area (Å²) in [5.41, 5.74) is -0.00255. The van der Waals surface area contributed by atoms with E-state index in [1.165, 1.54) is 43.5 Å². The molecule has 2 N–H and O–H groups in total. The second-order valence-corrected chi connectivity index (χ2v) is 5.37. The maximum absolute atomic E-state index is 13.4. The van der Waals surface area contributed by atoms with Crippen LogP contribution in [0.4, 0.5) is 14.9 Å². The minimum absolute atomic E-state index is 0.0107. The van der Waals surface area contributed by atoms with E-state index in [0.717, 1.165) is 12.1 Å². The Morgan fingerprint density at radius 3 is 2.58 bits per heavy atom. The van der Waals surface area contributed by atoms with Crippen molar-refractivity contribution in [1.29, 1.82) is 0 Å². The number of urea groups is 1. The van der Waals surface area contributed by atoms with Gasteiger partial charge in [-0.15, -0.1) is 0 Å². The van der Waals surface area contributed by atoms with Gasteiger partial charge in [0.1, 0.15) is 11.4 Å². The van der Waals surface area contributed by atoms with E-state index >= 15 is 0 Å². The second-order valence-electron chi connectivity index (χ2n) is 5.37. The number of hydrogen-bond acceptors (Lipinski definition) is 5. The fourth-order valence-electron chi connectivity index (χ4n) is 2.47. The summed E-state index contributed by atoms with van der Waals surface area (Å²) in [5, 5.41) is 11.8. The van der Waals surface area contributed by atoms with E-state index in [1.807, 2.05) is 5.32 Å². The molecule has 7 nitrogen and oxygen atoms in total. The van der Waals surface area contributed by atoms with E-state index in [9.17, 15) is 23.9 Å². The van der Waals surface area contributed by atoms with Crippen LogP contribution in [0.25, 0.3) is 6.08 Å². The zero-order chi connectivity index (χ0) is 18.8. The number of carbonyl (C=O) groups is 3. The number of phenolic OH excluding ortho intramolecular Hbond substituents is 1. The summed E-state index contributed by atoms with van der Waals surface area (Å²) in [4.78, 5) is 37.4. The molecule has 2 aromatic carbocycles. The monoisotopic (exact) mass is 356 g/mol.